The third-order valence-electron chi connectivity index (χ3n) is 5.39. The van der Waals surface area contributed by atoms with Crippen LogP contribution < -0.4 is 0 Å². The lowest BCUT2D eigenvalue weighted by Crippen LogP contribution is -2.22. The highest BCUT2D eigenvalue weighted by molar-refractivity contribution is 5.42. The van der Waals surface area contributed by atoms with E-state index >= 15 is 0 Å². The highest BCUT2D eigenvalue weighted by atomic mass is 19.1. The number of hydrogen-bond acceptors (Lipinski definition) is 4. The second-order valence-corrected chi connectivity index (χ2v) is 7.88. The monoisotopic (exact) mass is 383 g/mol. The predicted octanol–water partition coefficient (Wildman–Crippen LogP) is 2.70. The maximum atomic E-state index is 14.0. The van der Waals surface area contributed by atoms with Gasteiger partial charge in [-0.3, -0.25) is 10.00 Å². The number of rotatable bonds is 5. The fourth-order valence-electron chi connectivity index (χ4n) is 4.12. The molecule has 0 radical (unpaired) electrons. The number of halogens is 1. The lowest BCUT2D eigenvalue weighted by Gasteiger charge is -2.19. The van der Waals surface area contributed by atoms with E-state index in [0.717, 1.165) is 47.0 Å². The second kappa shape index (κ2) is 7.48. The number of aliphatic hydroxyl groups excluding tert-OH is 1. The van der Waals surface area contributed by atoms with Gasteiger partial charge in [0.2, 0.25) is 0 Å². The first-order valence-corrected chi connectivity index (χ1v) is 9.62. The van der Waals surface area contributed by atoms with Crippen molar-refractivity contribution in [3.05, 3.63) is 64.5 Å². The van der Waals surface area contributed by atoms with Crippen molar-refractivity contribution < 1.29 is 9.50 Å². The number of nitrogens with one attached hydrogen (secondary N) is 1. The molecule has 0 aliphatic carbocycles. The van der Waals surface area contributed by atoms with Crippen LogP contribution in [-0.4, -0.2) is 49.2 Å². The van der Waals surface area contributed by atoms with Crippen LogP contribution in [0.15, 0.2) is 30.3 Å². The average molecular weight is 383 g/mol. The minimum atomic E-state index is -0.414. The minimum absolute atomic E-state index is 0.119. The number of H-pyrrole nitrogens is 1. The summed E-state index contributed by atoms with van der Waals surface area (Å²) in [5.41, 5.74) is 5.69. The zero-order valence-electron chi connectivity index (χ0n) is 16.5. The Kier molecular flexibility index (Phi) is 5.03. The molecule has 0 unspecified atom stereocenters. The summed E-state index contributed by atoms with van der Waals surface area (Å²) >= 11 is 0. The largest absolute Gasteiger partial charge is 0.391 e. The van der Waals surface area contributed by atoms with E-state index < -0.39 is 6.10 Å². The van der Waals surface area contributed by atoms with Crippen LogP contribution in [0.2, 0.25) is 0 Å². The topological polar surface area (TPSA) is 70.0 Å². The van der Waals surface area contributed by atoms with Gasteiger partial charge in [0.05, 0.1) is 23.2 Å². The van der Waals surface area contributed by atoms with Crippen LogP contribution in [0.4, 0.5) is 4.39 Å². The second-order valence-electron chi connectivity index (χ2n) is 7.88. The maximum absolute atomic E-state index is 14.0. The van der Waals surface area contributed by atoms with Crippen LogP contribution in [0, 0.1) is 32.5 Å². The van der Waals surface area contributed by atoms with Gasteiger partial charge in [0, 0.05) is 36.9 Å². The first kappa shape index (κ1) is 18.8. The molecule has 3 heterocycles. The highest BCUT2D eigenvalue weighted by Gasteiger charge is 2.32. The number of hydrogen-bond donors (Lipinski definition) is 2. The fourth-order valence-corrected chi connectivity index (χ4v) is 4.12. The van der Waals surface area contributed by atoms with Crippen LogP contribution >= 0.6 is 0 Å². The zero-order chi connectivity index (χ0) is 19.8. The Labute approximate surface area is 164 Å². The molecule has 28 heavy (non-hydrogen) atoms. The molecule has 0 spiro atoms. The summed E-state index contributed by atoms with van der Waals surface area (Å²) in [6, 6.07) is 8.84. The molecule has 1 aliphatic heterocycles. The van der Waals surface area contributed by atoms with E-state index in [2.05, 4.69) is 20.2 Å². The van der Waals surface area contributed by atoms with Gasteiger partial charge in [-0.25, -0.2) is 9.07 Å². The first-order valence-electron chi connectivity index (χ1n) is 9.62. The summed E-state index contributed by atoms with van der Waals surface area (Å²) in [6.45, 7) is 7.80. The molecule has 0 amide bonds. The number of β-amino-alcohol motifs (C(OH)–C–C–N with tert-alkyl or cyclic N) is 1. The van der Waals surface area contributed by atoms with E-state index in [1.54, 1.807) is 12.1 Å². The number of likely N-dealkylation sites (tertiary alicyclic amines) is 1. The number of aromatic nitrogens is 4. The Morgan fingerprint density at radius 2 is 2.00 bits per heavy atom. The molecule has 1 aliphatic rings. The molecule has 148 valence electrons. The van der Waals surface area contributed by atoms with E-state index in [1.165, 1.54) is 6.07 Å². The minimum Gasteiger partial charge on any atom is -0.391 e. The van der Waals surface area contributed by atoms with Crippen LogP contribution in [0.1, 0.15) is 28.3 Å². The third-order valence-corrected chi connectivity index (χ3v) is 5.39. The van der Waals surface area contributed by atoms with Gasteiger partial charge in [-0.05, 0) is 63.1 Å². The highest BCUT2D eigenvalue weighted by Crippen LogP contribution is 2.26. The van der Waals surface area contributed by atoms with Crippen molar-refractivity contribution in [3.8, 4) is 5.69 Å². The molecule has 2 N–H and O–H groups in total. The first-order chi connectivity index (χ1) is 13.4. The molecule has 1 saturated heterocycles. The Morgan fingerprint density at radius 3 is 2.68 bits per heavy atom. The number of aliphatic hydroxyl groups is 1. The van der Waals surface area contributed by atoms with Gasteiger partial charge in [0.1, 0.15) is 5.82 Å². The summed E-state index contributed by atoms with van der Waals surface area (Å²) in [5, 5.41) is 22.3. The smallest absolute Gasteiger partial charge is 0.123 e. The number of benzene rings is 1. The summed E-state index contributed by atoms with van der Waals surface area (Å²) in [6.07, 6.45) is 0.317. The molecule has 7 heteroatoms. The summed E-state index contributed by atoms with van der Waals surface area (Å²) in [7, 11) is 0. The van der Waals surface area contributed by atoms with Gasteiger partial charge in [0.25, 0.3) is 0 Å². The molecule has 0 saturated carbocycles. The van der Waals surface area contributed by atoms with Crippen molar-refractivity contribution in [2.45, 2.75) is 39.8 Å². The molecule has 6 nitrogen and oxygen atoms in total. The van der Waals surface area contributed by atoms with Crippen molar-refractivity contribution in [1.82, 2.24) is 24.9 Å². The Morgan fingerprint density at radius 1 is 1.18 bits per heavy atom. The summed E-state index contributed by atoms with van der Waals surface area (Å²) in [4.78, 5) is 2.18. The average Bonchev–Trinajstić information content (AvgIpc) is 3.28. The van der Waals surface area contributed by atoms with Crippen molar-refractivity contribution in [2.75, 3.05) is 13.1 Å². The van der Waals surface area contributed by atoms with E-state index in [4.69, 9.17) is 0 Å². The van der Waals surface area contributed by atoms with E-state index in [-0.39, 0.29) is 11.7 Å². The van der Waals surface area contributed by atoms with E-state index in [9.17, 15) is 9.50 Å². The standard InChI is InChI=1S/C21H26FN5O/c1-13-7-19(24-23-13)9-17-11-26(12-21(17)28)10-16-8-18(22)4-5-20(16)27-15(3)6-14(2)25-27/h4-8,17,21,28H,9-12H2,1-3H3,(H,23,24)/t17-,21-/m1/s1. The van der Waals surface area contributed by atoms with Gasteiger partial charge in [0.15, 0.2) is 0 Å². The van der Waals surface area contributed by atoms with Crippen molar-refractivity contribution >= 4 is 0 Å². The fraction of sp³-hybridized carbons (Fsp3) is 0.429. The molecular weight excluding hydrogens is 357 g/mol. The molecule has 3 aromatic rings. The quantitative estimate of drug-likeness (QED) is 0.711. The maximum Gasteiger partial charge on any atom is 0.123 e. The molecule has 0 bridgehead atoms. The SMILES string of the molecule is Cc1cc(C)n(-c2ccc(F)cc2CN2C[C@@H](Cc3cc(C)[nH]n3)[C@H](O)C2)n1. The van der Waals surface area contributed by atoms with Crippen LogP contribution in [-0.2, 0) is 13.0 Å². The molecule has 2 aromatic heterocycles. The van der Waals surface area contributed by atoms with Crippen molar-refractivity contribution in [3.63, 3.8) is 0 Å². The lowest BCUT2D eigenvalue weighted by molar-refractivity contribution is 0.140. The molecular formula is C21H26FN5O. The molecule has 2 atom stereocenters. The third kappa shape index (κ3) is 3.86. The predicted molar refractivity (Wildman–Crippen MR) is 105 cm³/mol. The van der Waals surface area contributed by atoms with Gasteiger partial charge in [-0.15, -0.1) is 0 Å². The molecule has 1 fully saturated rings. The number of aromatic amines is 1. The molecule has 4 rings (SSSR count). The summed E-state index contributed by atoms with van der Waals surface area (Å²) < 4.78 is 15.8. The summed E-state index contributed by atoms with van der Waals surface area (Å²) in [5.74, 6) is -0.142. The van der Waals surface area contributed by atoms with Gasteiger partial charge >= 0.3 is 0 Å². The lowest BCUT2D eigenvalue weighted by atomic mass is 10.0. The van der Waals surface area contributed by atoms with Crippen LogP contribution in [0.3, 0.4) is 0 Å². The normalized spacial score (nSPS) is 20.2. The van der Waals surface area contributed by atoms with Gasteiger partial charge in [-0.2, -0.15) is 10.2 Å². The zero-order valence-corrected chi connectivity index (χ0v) is 16.5. The van der Waals surface area contributed by atoms with Gasteiger partial charge in [-0.1, -0.05) is 0 Å². The van der Waals surface area contributed by atoms with E-state index in [1.807, 2.05) is 37.6 Å². The molecule has 1 aromatic carbocycles. The Bertz CT molecular complexity index is 979. The Balaban J connectivity index is 1.53. The van der Waals surface area contributed by atoms with Gasteiger partial charge < -0.3 is 5.11 Å². The number of nitrogens with zero attached hydrogens (tertiary/aromatic N) is 4. The van der Waals surface area contributed by atoms with Crippen LogP contribution in [0.25, 0.3) is 5.69 Å². The van der Waals surface area contributed by atoms with Crippen molar-refractivity contribution in [1.29, 1.82) is 0 Å². The van der Waals surface area contributed by atoms with Crippen molar-refractivity contribution in [2.24, 2.45) is 5.92 Å². The Hall–Kier alpha value is -2.51. The van der Waals surface area contributed by atoms with E-state index in [0.29, 0.717) is 13.1 Å². The van der Waals surface area contributed by atoms with Crippen LogP contribution in [0.5, 0.6) is 0 Å². The number of aryl methyl sites for hydroxylation is 3.